The monoisotopic (exact) mass is 381 g/mol. The van der Waals surface area contributed by atoms with Gasteiger partial charge in [-0.15, -0.1) is 0 Å². The molecule has 1 aromatic carbocycles. The first-order chi connectivity index (χ1) is 13.5. The number of hydrogen-bond donors (Lipinski definition) is 1. The third kappa shape index (κ3) is 3.17. The van der Waals surface area contributed by atoms with E-state index in [2.05, 4.69) is 10.1 Å². The van der Waals surface area contributed by atoms with Crippen LogP contribution in [-0.2, 0) is 28.9 Å². The van der Waals surface area contributed by atoms with E-state index >= 15 is 0 Å². The van der Waals surface area contributed by atoms with E-state index in [9.17, 15) is 9.59 Å². The van der Waals surface area contributed by atoms with Crippen molar-refractivity contribution >= 4 is 22.8 Å². The Morgan fingerprint density at radius 3 is 2.86 bits per heavy atom. The SMILES string of the molecule is COC(=O)c1ccc2[nH]c3c(c2c1)CN(C(=O)CCc1c(C)noc1C)CC3. The molecule has 1 amide bonds. The second-order valence-corrected chi connectivity index (χ2v) is 7.20. The van der Waals surface area contributed by atoms with E-state index in [-0.39, 0.29) is 11.9 Å². The zero-order valence-electron chi connectivity index (χ0n) is 16.3. The van der Waals surface area contributed by atoms with Crippen LogP contribution in [0.1, 0.15) is 45.1 Å². The molecule has 7 heteroatoms. The number of nitrogens with zero attached hydrogens (tertiary/aromatic N) is 2. The molecule has 0 atom stereocenters. The van der Waals surface area contributed by atoms with Crippen LogP contribution in [-0.4, -0.2) is 40.6 Å². The van der Waals surface area contributed by atoms with Gasteiger partial charge >= 0.3 is 5.97 Å². The second kappa shape index (κ2) is 7.14. The summed E-state index contributed by atoms with van der Waals surface area (Å²) >= 11 is 0. The van der Waals surface area contributed by atoms with Gasteiger partial charge in [-0.25, -0.2) is 4.79 Å². The molecule has 0 saturated carbocycles. The molecule has 0 spiro atoms. The molecule has 3 heterocycles. The highest BCUT2D eigenvalue weighted by Gasteiger charge is 2.25. The highest BCUT2D eigenvalue weighted by molar-refractivity contribution is 5.96. The number of esters is 1. The van der Waals surface area contributed by atoms with E-state index in [1.54, 1.807) is 6.07 Å². The van der Waals surface area contributed by atoms with Crippen molar-refractivity contribution in [3.8, 4) is 0 Å². The summed E-state index contributed by atoms with van der Waals surface area (Å²) in [6.07, 6.45) is 1.83. The fourth-order valence-corrected chi connectivity index (χ4v) is 3.92. The number of amides is 1. The Morgan fingerprint density at radius 1 is 1.32 bits per heavy atom. The van der Waals surface area contributed by atoms with Gasteiger partial charge in [0.2, 0.25) is 5.91 Å². The number of carbonyl (C=O) groups is 2. The van der Waals surface area contributed by atoms with Crippen molar-refractivity contribution in [2.24, 2.45) is 0 Å². The number of aromatic amines is 1. The molecule has 7 nitrogen and oxygen atoms in total. The van der Waals surface area contributed by atoms with Crippen LogP contribution < -0.4 is 0 Å². The largest absolute Gasteiger partial charge is 0.465 e. The summed E-state index contributed by atoms with van der Waals surface area (Å²) in [6, 6.07) is 5.49. The summed E-state index contributed by atoms with van der Waals surface area (Å²) in [5, 5.41) is 4.92. The van der Waals surface area contributed by atoms with Crippen LogP contribution in [0.5, 0.6) is 0 Å². The molecule has 0 fully saturated rings. The zero-order valence-corrected chi connectivity index (χ0v) is 16.3. The van der Waals surface area contributed by atoms with Crippen LogP contribution in [0.4, 0.5) is 0 Å². The average Bonchev–Trinajstić information content (AvgIpc) is 3.23. The van der Waals surface area contributed by atoms with E-state index < -0.39 is 0 Å². The molecule has 1 aliphatic rings. The van der Waals surface area contributed by atoms with Crippen LogP contribution in [0.25, 0.3) is 10.9 Å². The number of aryl methyl sites for hydroxylation is 2. The van der Waals surface area contributed by atoms with Gasteiger partial charge in [-0.3, -0.25) is 4.79 Å². The molecule has 0 radical (unpaired) electrons. The predicted octanol–water partition coefficient (Wildman–Crippen LogP) is 3.08. The molecule has 2 aromatic heterocycles. The number of carbonyl (C=O) groups excluding carboxylic acids is 2. The lowest BCUT2D eigenvalue weighted by atomic mass is 10.0. The summed E-state index contributed by atoms with van der Waals surface area (Å²) in [4.78, 5) is 30.0. The zero-order chi connectivity index (χ0) is 19.8. The molecule has 146 valence electrons. The lowest BCUT2D eigenvalue weighted by molar-refractivity contribution is -0.132. The van der Waals surface area contributed by atoms with Crippen LogP contribution in [0, 0.1) is 13.8 Å². The maximum absolute atomic E-state index is 12.8. The van der Waals surface area contributed by atoms with Gasteiger partial charge in [-0.1, -0.05) is 5.16 Å². The fraction of sp³-hybridized carbons (Fsp3) is 0.381. The Bertz CT molecular complexity index is 1040. The van der Waals surface area contributed by atoms with Gasteiger partial charge in [0.25, 0.3) is 0 Å². The molecule has 4 rings (SSSR count). The number of aromatic nitrogens is 2. The van der Waals surface area contributed by atoms with Crippen molar-refractivity contribution in [3.63, 3.8) is 0 Å². The van der Waals surface area contributed by atoms with E-state index in [0.717, 1.165) is 45.6 Å². The Kier molecular flexibility index (Phi) is 4.66. The normalized spacial score (nSPS) is 13.6. The summed E-state index contributed by atoms with van der Waals surface area (Å²) in [6.45, 7) is 5.00. The number of nitrogens with one attached hydrogen (secondary N) is 1. The average molecular weight is 381 g/mol. The van der Waals surface area contributed by atoms with Gasteiger partial charge in [-0.2, -0.15) is 0 Å². The van der Waals surface area contributed by atoms with Gasteiger partial charge < -0.3 is 19.1 Å². The van der Waals surface area contributed by atoms with Gasteiger partial charge in [-0.05, 0) is 38.5 Å². The molecular formula is C21H23N3O4. The molecule has 1 aliphatic heterocycles. The first-order valence-electron chi connectivity index (χ1n) is 9.39. The third-order valence-corrected chi connectivity index (χ3v) is 5.52. The van der Waals surface area contributed by atoms with Gasteiger partial charge in [0, 0.05) is 53.7 Å². The van der Waals surface area contributed by atoms with E-state index in [1.807, 2.05) is 30.9 Å². The van der Waals surface area contributed by atoms with Crippen LogP contribution >= 0.6 is 0 Å². The summed E-state index contributed by atoms with van der Waals surface area (Å²) < 4.78 is 10.0. The Balaban J connectivity index is 1.53. The van der Waals surface area contributed by atoms with Crippen molar-refractivity contribution < 1.29 is 18.8 Å². The van der Waals surface area contributed by atoms with Crippen molar-refractivity contribution in [2.45, 2.75) is 39.7 Å². The standard InChI is InChI=1S/C21H23N3O4/c1-12-15(13(2)28-23-12)5-7-20(25)24-9-8-19-17(11-24)16-10-14(21(26)27-3)4-6-18(16)22-19/h4,6,10,22H,5,7-9,11H2,1-3H3. The number of H-pyrrole nitrogens is 1. The first-order valence-corrected chi connectivity index (χ1v) is 9.39. The van der Waals surface area contributed by atoms with Crippen molar-refractivity contribution in [1.29, 1.82) is 0 Å². The highest BCUT2D eigenvalue weighted by Crippen LogP contribution is 2.29. The van der Waals surface area contributed by atoms with Crippen LogP contribution in [0.3, 0.4) is 0 Å². The minimum Gasteiger partial charge on any atom is -0.465 e. The van der Waals surface area contributed by atoms with Crippen LogP contribution in [0.2, 0.25) is 0 Å². The molecule has 0 saturated heterocycles. The maximum Gasteiger partial charge on any atom is 0.337 e. The number of ether oxygens (including phenoxy) is 1. The van der Waals surface area contributed by atoms with Crippen LogP contribution in [0.15, 0.2) is 22.7 Å². The second-order valence-electron chi connectivity index (χ2n) is 7.20. The minimum absolute atomic E-state index is 0.115. The Labute approximate surface area is 162 Å². The van der Waals surface area contributed by atoms with E-state index in [4.69, 9.17) is 9.26 Å². The molecule has 0 aliphatic carbocycles. The van der Waals surface area contributed by atoms with Crippen molar-refractivity contribution in [1.82, 2.24) is 15.0 Å². The molecule has 28 heavy (non-hydrogen) atoms. The molecule has 3 aromatic rings. The lowest BCUT2D eigenvalue weighted by Gasteiger charge is -2.27. The number of fused-ring (bicyclic) bond motifs is 3. The smallest absolute Gasteiger partial charge is 0.337 e. The third-order valence-electron chi connectivity index (χ3n) is 5.52. The number of rotatable bonds is 4. The highest BCUT2D eigenvalue weighted by atomic mass is 16.5. The molecule has 1 N–H and O–H groups in total. The van der Waals surface area contributed by atoms with Gasteiger partial charge in [0.05, 0.1) is 18.4 Å². The summed E-state index contributed by atoms with van der Waals surface area (Å²) in [7, 11) is 1.37. The Morgan fingerprint density at radius 2 is 2.14 bits per heavy atom. The quantitative estimate of drug-likeness (QED) is 0.702. The predicted molar refractivity (Wildman–Crippen MR) is 103 cm³/mol. The molecule has 0 unspecified atom stereocenters. The van der Waals surface area contributed by atoms with Crippen molar-refractivity contribution in [3.05, 3.63) is 52.0 Å². The number of hydrogen-bond acceptors (Lipinski definition) is 5. The molecule has 0 bridgehead atoms. The van der Waals surface area contributed by atoms with Crippen molar-refractivity contribution in [2.75, 3.05) is 13.7 Å². The summed E-state index contributed by atoms with van der Waals surface area (Å²) in [5.41, 5.74) is 5.56. The van der Waals surface area contributed by atoms with E-state index in [1.165, 1.54) is 7.11 Å². The fourth-order valence-electron chi connectivity index (χ4n) is 3.92. The number of methoxy groups -OCH3 is 1. The maximum atomic E-state index is 12.8. The van der Waals surface area contributed by atoms with E-state index in [0.29, 0.717) is 31.5 Å². The lowest BCUT2D eigenvalue weighted by Crippen LogP contribution is -2.35. The first kappa shape index (κ1) is 18.3. The minimum atomic E-state index is -0.361. The van der Waals surface area contributed by atoms with Gasteiger partial charge in [0.1, 0.15) is 5.76 Å². The van der Waals surface area contributed by atoms with Gasteiger partial charge in [0.15, 0.2) is 0 Å². The Hall–Kier alpha value is -3.09. The summed E-state index contributed by atoms with van der Waals surface area (Å²) in [5.74, 6) is 0.530. The topological polar surface area (TPSA) is 88.4 Å². The number of benzene rings is 1. The molecular weight excluding hydrogens is 358 g/mol.